The van der Waals surface area contributed by atoms with Gasteiger partial charge in [0.25, 0.3) is 0 Å². The molecule has 4 rings (SSSR count). The molecule has 3 aromatic rings. The second-order valence-corrected chi connectivity index (χ2v) is 7.66. The van der Waals surface area contributed by atoms with Crippen LogP contribution in [0.4, 0.5) is 5.82 Å². The fourth-order valence-electron chi connectivity index (χ4n) is 3.58. The minimum Gasteiger partial charge on any atom is -0.458 e. The molecule has 0 aromatic carbocycles. The van der Waals surface area contributed by atoms with Gasteiger partial charge in [-0.2, -0.15) is 5.10 Å². The van der Waals surface area contributed by atoms with Crippen LogP contribution in [0.1, 0.15) is 30.0 Å². The molecule has 1 aliphatic rings. The van der Waals surface area contributed by atoms with Crippen molar-refractivity contribution >= 4 is 11.7 Å². The third-order valence-electron chi connectivity index (χ3n) is 5.02. The molecule has 1 fully saturated rings. The summed E-state index contributed by atoms with van der Waals surface area (Å²) in [5, 5.41) is 14.0. The molecule has 3 aromatic heterocycles. The molecule has 9 heteroatoms. The topological polar surface area (TPSA) is 110 Å². The summed E-state index contributed by atoms with van der Waals surface area (Å²) in [5.41, 5.74) is 1.83. The summed E-state index contributed by atoms with van der Waals surface area (Å²) in [4.78, 5) is 21.6. The summed E-state index contributed by atoms with van der Waals surface area (Å²) >= 11 is 0. The predicted octanol–water partition coefficient (Wildman–Crippen LogP) is 2.13. The third-order valence-corrected chi connectivity index (χ3v) is 5.02. The number of hydrogen-bond acceptors (Lipinski definition) is 7. The summed E-state index contributed by atoms with van der Waals surface area (Å²) < 4.78 is 7.43. The molecule has 0 aliphatic carbocycles. The van der Waals surface area contributed by atoms with Crippen LogP contribution in [0.15, 0.2) is 28.7 Å². The Kier molecular flexibility index (Phi) is 5.91. The molecular weight excluding hydrogens is 382 g/mol. The van der Waals surface area contributed by atoms with E-state index in [1.807, 2.05) is 39.0 Å². The Bertz CT molecular complexity index is 1030. The first-order chi connectivity index (χ1) is 14.5. The zero-order valence-electron chi connectivity index (χ0n) is 17.5. The summed E-state index contributed by atoms with van der Waals surface area (Å²) in [6.45, 7) is 7.89. The predicted molar refractivity (Wildman–Crippen MR) is 114 cm³/mol. The van der Waals surface area contributed by atoms with Gasteiger partial charge >= 0.3 is 0 Å². The van der Waals surface area contributed by atoms with Gasteiger partial charge in [-0.15, -0.1) is 0 Å². The highest BCUT2D eigenvalue weighted by Crippen LogP contribution is 2.22. The van der Waals surface area contributed by atoms with Crippen LogP contribution >= 0.6 is 0 Å². The molecule has 0 spiro atoms. The van der Waals surface area contributed by atoms with Crippen molar-refractivity contribution in [3.8, 4) is 17.4 Å². The standard InChI is InChI=1S/C21H27N7O2/c1-13-9-14(2)28(27-13)19-10-18(25-21(26-19)17-7-6-15(3)30-17)24-20(29)12-23-16-5-4-8-22-11-16/h6-7,9-10,16,22-23H,4-5,8,11-12H2,1-3H3,(H,24,25,26,29)/t16-/m0/s1. The van der Waals surface area contributed by atoms with E-state index in [9.17, 15) is 4.79 Å². The molecule has 30 heavy (non-hydrogen) atoms. The molecule has 9 nitrogen and oxygen atoms in total. The first-order valence-electron chi connectivity index (χ1n) is 10.2. The fourth-order valence-corrected chi connectivity index (χ4v) is 3.58. The van der Waals surface area contributed by atoms with Gasteiger partial charge in [0.15, 0.2) is 17.4 Å². The molecule has 1 amide bonds. The number of amides is 1. The van der Waals surface area contributed by atoms with Crippen molar-refractivity contribution in [1.29, 1.82) is 0 Å². The number of carbonyl (C=O) groups excluding carboxylic acids is 1. The highest BCUT2D eigenvalue weighted by Gasteiger charge is 2.17. The molecule has 1 aliphatic heterocycles. The lowest BCUT2D eigenvalue weighted by atomic mass is 10.1. The van der Waals surface area contributed by atoms with E-state index in [1.54, 1.807) is 10.7 Å². The van der Waals surface area contributed by atoms with E-state index in [0.29, 0.717) is 29.3 Å². The summed E-state index contributed by atoms with van der Waals surface area (Å²) in [5.74, 6) is 2.52. The minimum absolute atomic E-state index is 0.153. The number of aromatic nitrogens is 4. The van der Waals surface area contributed by atoms with Crippen molar-refractivity contribution in [3.05, 3.63) is 41.4 Å². The van der Waals surface area contributed by atoms with Crippen molar-refractivity contribution in [2.24, 2.45) is 0 Å². The van der Waals surface area contributed by atoms with Crippen LogP contribution in [0, 0.1) is 20.8 Å². The highest BCUT2D eigenvalue weighted by molar-refractivity contribution is 5.91. The number of anilines is 1. The van der Waals surface area contributed by atoms with Crippen LogP contribution in [0.5, 0.6) is 0 Å². The van der Waals surface area contributed by atoms with Crippen molar-refractivity contribution in [3.63, 3.8) is 0 Å². The van der Waals surface area contributed by atoms with E-state index in [2.05, 4.69) is 31.0 Å². The lowest BCUT2D eigenvalue weighted by Crippen LogP contribution is -2.45. The van der Waals surface area contributed by atoms with Crippen LogP contribution in [-0.2, 0) is 4.79 Å². The quantitative estimate of drug-likeness (QED) is 0.572. The molecule has 1 saturated heterocycles. The van der Waals surface area contributed by atoms with Crippen molar-refractivity contribution in [2.45, 2.75) is 39.7 Å². The van der Waals surface area contributed by atoms with Crippen molar-refractivity contribution in [1.82, 2.24) is 30.4 Å². The Labute approximate surface area is 175 Å². The van der Waals surface area contributed by atoms with Crippen molar-refractivity contribution < 1.29 is 9.21 Å². The molecule has 3 N–H and O–H groups in total. The lowest BCUT2D eigenvalue weighted by molar-refractivity contribution is -0.115. The Morgan fingerprint density at radius 3 is 2.80 bits per heavy atom. The second-order valence-electron chi connectivity index (χ2n) is 7.66. The average molecular weight is 409 g/mol. The van der Waals surface area contributed by atoms with Crippen LogP contribution in [0.25, 0.3) is 17.4 Å². The van der Waals surface area contributed by atoms with Gasteiger partial charge in [0.1, 0.15) is 11.6 Å². The Morgan fingerprint density at radius 2 is 2.13 bits per heavy atom. The Balaban J connectivity index is 1.57. The van der Waals surface area contributed by atoms with Crippen molar-refractivity contribution in [2.75, 3.05) is 25.0 Å². The average Bonchev–Trinajstić information content (AvgIpc) is 3.31. The van der Waals surface area contributed by atoms with Gasteiger partial charge in [-0.1, -0.05) is 0 Å². The molecule has 1 atom stereocenters. The van der Waals surface area contributed by atoms with Gasteiger partial charge in [0.2, 0.25) is 5.91 Å². The first kappa shape index (κ1) is 20.2. The maximum Gasteiger partial charge on any atom is 0.239 e. The largest absolute Gasteiger partial charge is 0.458 e. The summed E-state index contributed by atoms with van der Waals surface area (Å²) in [6, 6.07) is 7.67. The van der Waals surface area contributed by atoms with E-state index in [0.717, 1.165) is 43.1 Å². The van der Waals surface area contributed by atoms with Gasteiger partial charge in [-0.3, -0.25) is 4.79 Å². The van der Waals surface area contributed by atoms with Gasteiger partial charge < -0.3 is 20.4 Å². The van der Waals surface area contributed by atoms with Gasteiger partial charge in [0, 0.05) is 24.3 Å². The number of rotatable bonds is 6. The molecule has 0 radical (unpaired) electrons. The maximum atomic E-state index is 12.5. The van der Waals surface area contributed by atoms with Gasteiger partial charge in [-0.25, -0.2) is 14.6 Å². The van der Waals surface area contributed by atoms with Crippen LogP contribution in [0.3, 0.4) is 0 Å². The normalized spacial score (nSPS) is 16.6. The van der Waals surface area contributed by atoms with Crippen LogP contribution < -0.4 is 16.0 Å². The van der Waals surface area contributed by atoms with Crippen LogP contribution in [-0.4, -0.2) is 51.3 Å². The van der Waals surface area contributed by atoms with E-state index in [-0.39, 0.29) is 12.5 Å². The number of nitrogens with one attached hydrogen (secondary N) is 3. The van der Waals surface area contributed by atoms with Gasteiger partial charge in [0.05, 0.1) is 12.2 Å². The Hall–Kier alpha value is -3.04. The van der Waals surface area contributed by atoms with E-state index in [4.69, 9.17) is 4.42 Å². The SMILES string of the molecule is Cc1cc(C)n(-c2cc(NC(=O)CN[C@H]3CCCNC3)nc(-c3ccc(C)o3)n2)n1. The van der Waals surface area contributed by atoms with E-state index >= 15 is 0 Å². The number of carbonyl (C=O) groups is 1. The fraction of sp³-hybridized carbons (Fsp3) is 0.429. The number of furan rings is 1. The monoisotopic (exact) mass is 409 g/mol. The molecule has 0 unspecified atom stereocenters. The third kappa shape index (κ3) is 4.74. The second kappa shape index (κ2) is 8.76. The number of aryl methyl sites for hydroxylation is 3. The summed E-state index contributed by atoms with van der Waals surface area (Å²) in [6.07, 6.45) is 2.18. The van der Waals surface area contributed by atoms with Crippen LogP contribution in [0.2, 0.25) is 0 Å². The van der Waals surface area contributed by atoms with E-state index in [1.165, 1.54) is 0 Å². The summed E-state index contributed by atoms with van der Waals surface area (Å²) in [7, 11) is 0. The highest BCUT2D eigenvalue weighted by atomic mass is 16.3. The number of nitrogens with zero attached hydrogens (tertiary/aromatic N) is 4. The molecule has 158 valence electrons. The first-order valence-corrected chi connectivity index (χ1v) is 10.2. The zero-order valence-corrected chi connectivity index (χ0v) is 17.5. The number of piperidine rings is 1. The zero-order chi connectivity index (χ0) is 21.1. The van der Waals surface area contributed by atoms with Gasteiger partial charge in [-0.05, 0) is 58.4 Å². The van der Waals surface area contributed by atoms with E-state index < -0.39 is 0 Å². The Morgan fingerprint density at radius 1 is 1.27 bits per heavy atom. The molecule has 4 heterocycles. The smallest absolute Gasteiger partial charge is 0.239 e. The minimum atomic E-state index is -0.153. The maximum absolute atomic E-state index is 12.5. The molecule has 0 saturated carbocycles. The molecule has 0 bridgehead atoms. The lowest BCUT2D eigenvalue weighted by Gasteiger charge is -2.23. The molecular formula is C21H27N7O2. The number of hydrogen-bond donors (Lipinski definition) is 3.